The molecule has 1 heterocycles. The summed E-state index contributed by atoms with van der Waals surface area (Å²) in [5.41, 5.74) is -0.204. The summed E-state index contributed by atoms with van der Waals surface area (Å²) in [7, 11) is 0. The lowest BCUT2D eigenvalue weighted by atomic mass is 10.2. The van der Waals surface area contributed by atoms with Crippen molar-refractivity contribution in [3.05, 3.63) is 40.2 Å². The maximum absolute atomic E-state index is 11.8. The number of benzene rings is 1. The highest BCUT2D eigenvalue weighted by Gasteiger charge is 2.15. The predicted molar refractivity (Wildman–Crippen MR) is 64.7 cm³/mol. The van der Waals surface area contributed by atoms with E-state index >= 15 is 0 Å². The molecule has 2 aromatic rings. The van der Waals surface area contributed by atoms with Gasteiger partial charge in [0.2, 0.25) is 5.76 Å². The molecule has 0 unspecified atom stereocenters. The molecule has 0 fully saturated rings. The first-order valence-corrected chi connectivity index (χ1v) is 5.45. The number of hydrogen-bond donors (Lipinski definition) is 1. The Hall–Kier alpha value is -2.30. The highest BCUT2D eigenvalue weighted by molar-refractivity contribution is 5.89. The Kier molecular flexibility index (Phi) is 3.06. The maximum Gasteiger partial charge on any atom is 0.374 e. The standard InChI is InChI=1S/C13H12O5/c1-7(2)17-13(16)12-6-10(15)9-4-3-8(14)5-11(9)18-12/h3-7,14H,1-2H3. The zero-order valence-electron chi connectivity index (χ0n) is 9.97. The molecule has 0 aliphatic carbocycles. The monoisotopic (exact) mass is 248 g/mol. The minimum Gasteiger partial charge on any atom is -0.508 e. The van der Waals surface area contributed by atoms with E-state index in [4.69, 9.17) is 9.15 Å². The first-order chi connectivity index (χ1) is 8.47. The van der Waals surface area contributed by atoms with Crippen LogP contribution in [-0.4, -0.2) is 17.2 Å². The molecule has 18 heavy (non-hydrogen) atoms. The summed E-state index contributed by atoms with van der Waals surface area (Å²) >= 11 is 0. The molecule has 0 atom stereocenters. The lowest BCUT2D eigenvalue weighted by Crippen LogP contribution is -2.14. The average Bonchev–Trinajstić information content (AvgIpc) is 2.27. The molecule has 0 aliphatic heterocycles. The fourth-order valence-electron chi connectivity index (χ4n) is 1.52. The van der Waals surface area contributed by atoms with E-state index in [9.17, 15) is 14.7 Å². The van der Waals surface area contributed by atoms with Crippen LogP contribution in [0.25, 0.3) is 11.0 Å². The van der Waals surface area contributed by atoms with E-state index in [2.05, 4.69) is 0 Å². The summed E-state index contributed by atoms with van der Waals surface area (Å²) in [6, 6.07) is 5.19. The van der Waals surface area contributed by atoms with E-state index in [-0.39, 0.29) is 28.6 Å². The van der Waals surface area contributed by atoms with Crippen molar-refractivity contribution in [2.75, 3.05) is 0 Å². The van der Waals surface area contributed by atoms with Crippen LogP contribution < -0.4 is 5.43 Å². The van der Waals surface area contributed by atoms with Crippen LogP contribution in [0, 0.1) is 0 Å². The summed E-state index contributed by atoms with van der Waals surface area (Å²) in [6.45, 7) is 3.39. The van der Waals surface area contributed by atoms with Gasteiger partial charge in [0, 0.05) is 12.1 Å². The summed E-state index contributed by atoms with van der Waals surface area (Å²) in [4.78, 5) is 23.4. The Bertz CT molecular complexity index is 654. The Morgan fingerprint density at radius 2 is 2.06 bits per heavy atom. The van der Waals surface area contributed by atoms with Crippen LogP contribution >= 0.6 is 0 Å². The van der Waals surface area contributed by atoms with Crippen molar-refractivity contribution in [3.63, 3.8) is 0 Å². The van der Waals surface area contributed by atoms with E-state index in [1.807, 2.05) is 0 Å². The van der Waals surface area contributed by atoms with Gasteiger partial charge in [-0.2, -0.15) is 0 Å². The zero-order valence-corrected chi connectivity index (χ0v) is 9.97. The number of aromatic hydroxyl groups is 1. The summed E-state index contributed by atoms with van der Waals surface area (Å²) in [5.74, 6) is -0.917. The van der Waals surface area contributed by atoms with Crippen LogP contribution in [0.2, 0.25) is 0 Å². The molecule has 0 amide bonds. The number of ether oxygens (including phenoxy) is 1. The second-order valence-electron chi connectivity index (χ2n) is 4.11. The lowest BCUT2D eigenvalue weighted by Gasteiger charge is -2.07. The second-order valence-corrected chi connectivity index (χ2v) is 4.11. The topological polar surface area (TPSA) is 76.7 Å². The summed E-state index contributed by atoms with van der Waals surface area (Å²) < 4.78 is 10.2. The molecule has 1 N–H and O–H groups in total. The molecule has 5 heteroatoms. The number of fused-ring (bicyclic) bond motifs is 1. The van der Waals surface area contributed by atoms with Crippen molar-refractivity contribution in [3.8, 4) is 5.75 Å². The number of phenolic OH excluding ortho intramolecular Hbond substituents is 1. The van der Waals surface area contributed by atoms with E-state index in [0.717, 1.165) is 6.07 Å². The van der Waals surface area contributed by atoms with Crippen molar-refractivity contribution in [2.24, 2.45) is 0 Å². The molecule has 0 radical (unpaired) electrons. The van der Waals surface area contributed by atoms with Gasteiger partial charge in [0.25, 0.3) is 0 Å². The third-order valence-corrected chi connectivity index (χ3v) is 2.26. The van der Waals surface area contributed by atoms with Gasteiger partial charge in [-0.15, -0.1) is 0 Å². The van der Waals surface area contributed by atoms with Gasteiger partial charge in [0.1, 0.15) is 11.3 Å². The molecule has 1 aromatic heterocycles. The minimum atomic E-state index is -0.702. The lowest BCUT2D eigenvalue weighted by molar-refractivity contribution is 0.0342. The summed E-state index contributed by atoms with van der Waals surface area (Å²) in [6.07, 6.45) is -0.303. The Balaban J connectivity index is 2.54. The molecule has 0 spiro atoms. The molecule has 94 valence electrons. The molecule has 2 rings (SSSR count). The molecular weight excluding hydrogens is 236 g/mol. The fourth-order valence-corrected chi connectivity index (χ4v) is 1.52. The second kappa shape index (κ2) is 4.52. The van der Waals surface area contributed by atoms with Gasteiger partial charge in [-0.3, -0.25) is 4.79 Å². The zero-order chi connectivity index (χ0) is 13.3. The van der Waals surface area contributed by atoms with Crippen molar-refractivity contribution in [1.29, 1.82) is 0 Å². The number of phenols is 1. The van der Waals surface area contributed by atoms with Gasteiger partial charge in [-0.05, 0) is 26.0 Å². The molecular formula is C13H12O5. The molecule has 5 nitrogen and oxygen atoms in total. The number of hydrogen-bond acceptors (Lipinski definition) is 5. The average molecular weight is 248 g/mol. The maximum atomic E-state index is 11.8. The Labute approximate surface area is 103 Å². The number of carbonyl (C=O) groups is 1. The third-order valence-electron chi connectivity index (χ3n) is 2.26. The number of carbonyl (C=O) groups excluding carboxylic acids is 1. The van der Waals surface area contributed by atoms with Crippen molar-refractivity contribution in [1.82, 2.24) is 0 Å². The van der Waals surface area contributed by atoms with E-state index in [1.54, 1.807) is 13.8 Å². The van der Waals surface area contributed by atoms with Gasteiger partial charge in [0.15, 0.2) is 5.43 Å². The van der Waals surface area contributed by atoms with Crippen LogP contribution in [-0.2, 0) is 4.74 Å². The van der Waals surface area contributed by atoms with Crippen LogP contribution in [0.3, 0.4) is 0 Å². The molecule has 0 bridgehead atoms. The Morgan fingerprint density at radius 1 is 1.33 bits per heavy atom. The smallest absolute Gasteiger partial charge is 0.374 e. The van der Waals surface area contributed by atoms with Gasteiger partial charge in [-0.25, -0.2) is 4.79 Å². The SMILES string of the molecule is CC(C)OC(=O)c1cc(=O)c2ccc(O)cc2o1. The number of rotatable bonds is 2. The number of esters is 1. The van der Waals surface area contributed by atoms with E-state index < -0.39 is 5.97 Å². The summed E-state index contributed by atoms with van der Waals surface area (Å²) in [5, 5.41) is 9.62. The van der Waals surface area contributed by atoms with Crippen LogP contribution in [0.15, 0.2) is 33.5 Å². The quantitative estimate of drug-likeness (QED) is 0.823. The van der Waals surface area contributed by atoms with Crippen molar-refractivity contribution in [2.45, 2.75) is 20.0 Å². The van der Waals surface area contributed by atoms with E-state index in [0.29, 0.717) is 5.39 Å². The van der Waals surface area contributed by atoms with E-state index in [1.165, 1.54) is 18.2 Å². The molecule has 0 aliphatic rings. The Morgan fingerprint density at radius 3 is 2.72 bits per heavy atom. The predicted octanol–water partition coefficient (Wildman–Crippen LogP) is 2.06. The van der Waals surface area contributed by atoms with Crippen molar-refractivity contribution < 1.29 is 19.1 Å². The molecule has 1 aromatic carbocycles. The van der Waals surface area contributed by atoms with Gasteiger partial charge in [-0.1, -0.05) is 0 Å². The largest absolute Gasteiger partial charge is 0.508 e. The fraction of sp³-hybridized carbons (Fsp3) is 0.231. The highest BCUT2D eigenvalue weighted by Crippen LogP contribution is 2.18. The minimum absolute atomic E-state index is 0.0416. The third kappa shape index (κ3) is 2.34. The van der Waals surface area contributed by atoms with Gasteiger partial charge < -0.3 is 14.3 Å². The van der Waals surface area contributed by atoms with Crippen LogP contribution in [0.4, 0.5) is 0 Å². The van der Waals surface area contributed by atoms with Crippen molar-refractivity contribution >= 4 is 16.9 Å². The van der Waals surface area contributed by atoms with Gasteiger partial charge in [0.05, 0.1) is 11.5 Å². The normalized spacial score (nSPS) is 10.8. The first-order valence-electron chi connectivity index (χ1n) is 5.45. The van der Waals surface area contributed by atoms with Crippen LogP contribution in [0.5, 0.6) is 5.75 Å². The van der Waals surface area contributed by atoms with Crippen LogP contribution in [0.1, 0.15) is 24.4 Å². The molecule has 0 saturated heterocycles. The first kappa shape index (κ1) is 12.2. The highest BCUT2D eigenvalue weighted by atomic mass is 16.6. The van der Waals surface area contributed by atoms with Gasteiger partial charge >= 0.3 is 5.97 Å². The molecule has 0 saturated carbocycles.